The van der Waals surface area contributed by atoms with Crippen molar-refractivity contribution in [2.75, 3.05) is 10.6 Å². The number of hydrogen-bond acceptors (Lipinski definition) is 3. The fraction of sp³-hybridized carbons (Fsp3) is 0.500. The normalized spacial score (nSPS) is 12.8. The smallest absolute Gasteiger partial charge is 0.228 e. The molecule has 124 valence electrons. The summed E-state index contributed by atoms with van der Waals surface area (Å²) in [7, 11) is 0. The Morgan fingerprint density at radius 1 is 1.18 bits per heavy atom. The van der Waals surface area contributed by atoms with Gasteiger partial charge in [0.15, 0.2) is 0 Å². The zero-order valence-corrected chi connectivity index (χ0v) is 14.4. The summed E-state index contributed by atoms with van der Waals surface area (Å²) in [6, 6.07) is 5.24. The van der Waals surface area contributed by atoms with Crippen molar-refractivity contribution in [2.45, 2.75) is 46.6 Å². The van der Waals surface area contributed by atoms with Gasteiger partial charge in [0.2, 0.25) is 11.8 Å². The van der Waals surface area contributed by atoms with E-state index in [0.29, 0.717) is 12.1 Å². The van der Waals surface area contributed by atoms with E-state index in [9.17, 15) is 9.59 Å². The lowest BCUT2D eigenvalue weighted by Crippen LogP contribution is -2.34. The first-order valence-electron chi connectivity index (χ1n) is 7.32. The number of benzene rings is 1. The highest BCUT2D eigenvalue weighted by atomic mass is 35.5. The topological polar surface area (TPSA) is 84.2 Å². The van der Waals surface area contributed by atoms with Crippen molar-refractivity contribution in [1.82, 2.24) is 0 Å². The first kappa shape index (κ1) is 20.4. The first-order chi connectivity index (χ1) is 9.86. The summed E-state index contributed by atoms with van der Waals surface area (Å²) in [5, 5.41) is 5.73. The second kappa shape index (κ2) is 9.43. The van der Waals surface area contributed by atoms with Crippen LogP contribution in [0.25, 0.3) is 0 Å². The van der Waals surface area contributed by atoms with Crippen molar-refractivity contribution < 1.29 is 9.59 Å². The molecule has 2 atom stereocenters. The largest absolute Gasteiger partial charge is 0.327 e. The van der Waals surface area contributed by atoms with Crippen LogP contribution in [0.1, 0.15) is 39.2 Å². The third kappa shape index (κ3) is 5.66. The molecule has 5 nitrogen and oxygen atoms in total. The number of halogens is 1. The number of carbonyl (C=O) groups is 2. The van der Waals surface area contributed by atoms with Crippen molar-refractivity contribution in [1.29, 1.82) is 0 Å². The van der Waals surface area contributed by atoms with Crippen LogP contribution in [0.3, 0.4) is 0 Å². The molecule has 0 saturated heterocycles. The molecule has 0 heterocycles. The molecule has 1 aromatic rings. The Kier molecular flexibility index (Phi) is 8.75. The fourth-order valence-electron chi connectivity index (χ4n) is 1.83. The summed E-state index contributed by atoms with van der Waals surface area (Å²) in [5.41, 5.74) is 8.00. The van der Waals surface area contributed by atoms with Gasteiger partial charge in [0.25, 0.3) is 0 Å². The highest BCUT2D eigenvalue weighted by Crippen LogP contribution is 2.24. The van der Waals surface area contributed by atoms with Crippen molar-refractivity contribution in [3.05, 3.63) is 23.8 Å². The van der Waals surface area contributed by atoms with Crippen LogP contribution in [0.4, 0.5) is 11.4 Å². The first-order valence-corrected chi connectivity index (χ1v) is 7.32. The van der Waals surface area contributed by atoms with E-state index < -0.39 is 0 Å². The zero-order chi connectivity index (χ0) is 16.0. The number of nitrogens with two attached hydrogens (primary N) is 1. The van der Waals surface area contributed by atoms with Gasteiger partial charge in [-0.15, -0.1) is 12.4 Å². The van der Waals surface area contributed by atoms with E-state index >= 15 is 0 Å². The van der Waals surface area contributed by atoms with Crippen molar-refractivity contribution in [3.63, 3.8) is 0 Å². The summed E-state index contributed by atoms with van der Waals surface area (Å²) >= 11 is 0. The molecule has 22 heavy (non-hydrogen) atoms. The van der Waals surface area contributed by atoms with E-state index in [2.05, 4.69) is 10.6 Å². The lowest BCUT2D eigenvalue weighted by Gasteiger charge is -2.18. The second-order valence-corrected chi connectivity index (χ2v) is 5.41. The van der Waals surface area contributed by atoms with E-state index in [4.69, 9.17) is 5.73 Å². The standard InChI is InChI=1S/C16H25N3O2.ClH/c1-5-7-15(20)18-13-8-6-9-14(11(13)3)19-16(21)10(2)12(4)17;/h6,8-10,12H,5,7,17H2,1-4H3,(H,18,20)(H,19,21);1H. The summed E-state index contributed by atoms with van der Waals surface area (Å²) in [5.74, 6) is -0.416. The molecule has 4 N–H and O–H groups in total. The van der Waals surface area contributed by atoms with Gasteiger partial charge in [-0.3, -0.25) is 9.59 Å². The van der Waals surface area contributed by atoms with E-state index in [1.165, 1.54) is 0 Å². The molecule has 2 unspecified atom stereocenters. The Hall–Kier alpha value is -1.59. The van der Waals surface area contributed by atoms with Crippen LogP contribution >= 0.6 is 12.4 Å². The number of anilines is 2. The predicted molar refractivity (Wildman–Crippen MR) is 93.4 cm³/mol. The van der Waals surface area contributed by atoms with Gasteiger partial charge >= 0.3 is 0 Å². The Labute approximate surface area is 138 Å². The zero-order valence-electron chi connectivity index (χ0n) is 13.6. The molecule has 0 fully saturated rings. The average molecular weight is 328 g/mol. The Bertz CT molecular complexity index is 518. The average Bonchev–Trinajstić information content (AvgIpc) is 2.42. The minimum absolute atomic E-state index is 0. The number of hydrogen-bond donors (Lipinski definition) is 3. The number of rotatable bonds is 6. The third-order valence-electron chi connectivity index (χ3n) is 3.55. The maximum Gasteiger partial charge on any atom is 0.228 e. The molecule has 0 aromatic heterocycles. The van der Waals surface area contributed by atoms with Crippen molar-refractivity contribution in [3.8, 4) is 0 Å². The van der Waals surface area contributed by atoms with Gasteiger partial charge in [-0.2, -0.15) is 0 Å². The summed E-state index contributed by atoms with van der Waals surface area (Å²) in [6.07, 6.45) is 1.28. The van der Waals surface area contributed by atoms with Crippen LogP contribution in [-0.4, -0.2) is 17.9 Å². The Balaban J connectivity index is 0.00000441. The van der Waals surface area contributed by atoms with E-state index in [1.54, 1.807) is 19.9 Å². The molecular weight excluding hydrogens is 302 g/mol. The highest BCUT2D eigenvalue weighted by molar-refractivity contribution is 5.96. The Morgan fingerprint density at radius 2 is 1.73 bits per heavy atom. The van der Waals surface area contributed by atoms with Gasteiger partial charge in [0, 0.05) is 23.8 Å². The van der Waals surface area contributed by atoms with Crippen LogP contribution in [-0.2, 0) is 9.59 Å². The molecule has 2 amide bonds. The molecular formula is C16H26ClN3O2. The fourth-order valence-corrected chi connectivity index (χ4v) is 1.83. The molecule has 0 spiro atoms. The van der Waals surface area contributed by atoms with E-state index in [-0.39, 0.29) is 36.2 Å². The summed E-state index contributed by atoms with van der Waals surface area (Å²) < 4.78 is 0. The minimum Gasteiger partial charge on any atom is -0.327 e. The molecule has 0 aliphatic carbocycles. The lowest BCUT2D eigenvalue weighted by atomic mass is 10.0. The summed E-state index contributed by atoms with van der Waals surface area (Å²) in [6.45, 7) is 7.42. The van der Waals surface area contributed by atoms with E-state index in [0.717, 1.165) is 17.7 Å². The van der Waals surface area contributed by atoms with Gasteiger partial charge in [-0.25, -0.2) is 0 Å². The third-order valence-corrected chi connectivity index (χ3v) is 3.55. The maximum atomic E-state index is 12.1. The van der Waals surface area contributed by atoms with Gasteiger partial charge in [-0.1, -0.05) is 19.9 Å². The quantitative estimate of drug-likeness (QED) is 0.750. The molecule has 0 saturated carbocycles. The molecule has 0 radical (unpaired) electrons. The lowest BCUT2D eigenvalue weighted by molar-refractivity contribution is -0.119. The molecule has 0 bridgehead atoms. The van der Waals surface area contributed by atoms with Gasteiger partial charge in [0.05, 0.1) is 5.92 Å². The molecule has 0 aliphatic heterocycles. The van der Waals surface area contributed by atoms with Gasteiger partial charge in [-0.05, 0) is 38.0 Å². The molecule has 0 aliphatic rings. The molecule has 6 heteroatoms. The monoisotopic (exact) mass is 327 g/mol. The van der Waals surface area contributed by atoms with Crippen molar-refractivity contribution >= 4 is 35.6 Å². The number of carbonyl (C=O) groups excluding carboxylic acids is 2. The molecule has 1 rings (SSSR count). The van der Waals surface area contributed by atoms with Gasteiger partial charge in [0.1, 0.15) is 0 Å². The van der Waals surface area contributed by atoms with Crippen LogP contribution < -0.4 is 16.4 Å². The highest BCUT2D eigenvalue weighted by Gasteiger charge is 2.18. The van der Waals surface area contributed by atoms with Crippen LogP contribution in [0.15, 0.2) is 18.2 Å². The SMILES string of the molecule is CCCC(=O)Nc1cccc(NC(=O)C(C)C(C)N)c1C.Cl. The van der Waals surface area contributed by atoms with E-state index in [1.807, 2.05) is 26.0 Å². The second-order valence-electron chi connectivity index (χ2n) is 5.41. The number of nitrogens with one attached hydrogen (secondary N) is 2. The maximum absolute atomic E-state index is 12.1. The van der Waals surface area contributed by atoms with Crippen LogP contribution in [0.2, 0.25) is 0 Å². The van der Waals surface area contributed by atoms with Gasteiger partial charge < -0.3 is 16.4 Å². The van der Waals surface area contributed by atoms with Crippen LogP contribution in [0.5, 0.6) is 0 Å². The van der Waals surface area contributed by atoms with Crippen LogP contribution in [0, 0.1) is 12.8 Å². The molecule has 1 aromatic carbocycles. The summed E-state index contributed by atoms with van der Waals surface area (Å²) in [4.78, 5) is 23.7. The number of amides is 2. The predicted octanol–water partition coefficient (Wildman–Crippen LogP) is 3.08. The minimum atomic E-state index is -0.275. The van der Waals surface area contributed by atoms with Crippen molar-refractivity contribution in [2.24, 2.45) is 11.7 Å². The Morgan fingerprint density at radius 3 is 2.23 bits per heavy atom.